The molecule has 0 bridgehead atoms. The fourth-order valence-electron chi connectivity index (χ4n) is 1.96. The van der Waals surface area contributed by atoms with E-state index >= 15 is 0 Å². The first kappa shape index (κ1) is 23.2. The number of hydrogen-bond donors (Lipinski definition) is 4. The van der Waals surface area contributed by atoms with Gasteiger partial charge < -0.3 is 26.4 Å². The molecule has 0 aromatic heterocycles. The standard InChI is InChI=1S/C8H14N2O4.C7H16N2O2/c11-7(12)5-9-1-2-10(4-3-9)6-8(13)14;1-7(2,3)11-6(10)5(9)4-8/h1-6H2,(H,11,12)(H,13,14);5H,4,8-9H2,1-3H3. The van der Waals surface area contributed by atoms with Crippen LogP contribution in [0.2, 0.25) is 0 Å². The summed E-state index contributed by atoms with van der Waals surface area (Å²) in [6, 6.07) is -0.700. The van der Waals surface area contributed by atoms with Gasteiger partial charge in [0.25, 0.3) is 0 Å². The SMILES string of the molecule is CC(C)(C)OC(=O)C(N)CN.O=C(O)CN1CCN(CC(=O)O)CC1. The Labute approximate surface area is 147 Å². The summed E-state index contributed by atoms with van der Waals surface area (Å²) < 4.78 is 4.95. The number of hydrogen-bond acceptors (Lipinski definition) is 8. The van der Waals surface area contributed by atoms with Gasteiger partial charge in [0, 0.05) is 32.7 Å². The first-order valence-corrected chi connectivity index (χ1v) is 8.01. The molecule has 1 atom stereocenters. The Morgan fingerprint density at radius 1 is 1.00 bits per heavy atom. The van der Waals surface area contributed by atoms with E-state index in [2.05, 4.69) is 0 Å². The predicted octanol–water partition coefficient (Wildman–Crippen LogP) is -1.61. The number of carboxylic acid groups (broad SMARTS) is 2. The Balaban J connectivity index is 0.000000477. The molecule has 0 saturated carbocycles. The van der Waals surface area contributed by atoms with Crippen LogP contribution in [0.5, 0.6) is 0 Å². The Morgan fingerprint density at radius 3 is 1.60 bits per heavy atom. The molecule has 0 aliphatic carbocycles. The number of nitrogens with two attached hydrogens (primary N) is 2. The van der Waals surface area contributed by atoms with E-state index in [1.807, 2.05) is 0 Å². The Morgan fingerprint density at radius 2 is 1.36 bits per heavy atom. The number of carbonyl (C=O) groups excluding carboxylic acids is 1. The molecule has 1 aliphatic heterocycles. The fraction of sp³-hybridized carbons (Fsp3) is 0.800. The topological polar surface area (TPSA) is 159 Å². The van der Waals surface area contributed by atoms with Gasteiger partial charge in [-0.2, -0.15) is 0 Å². The minimum Gasteiger partial charge on any atom is -0.480 e. The van der Waals surface area contributed by atoms with Crippen LogP contribution in [-0.2, 0) is 19.1 Å². The minimum atomic E-state index is -0.836. The van der Waals surface area contributed by atoms with Gasteiger partial charge in [-0.3, -0.25) is 24.2 Å². The van der Waals surface area contributed by atoms with Gasteiger partial charge in [-0.15, -0.1) is 0 Å². The normalized spacial score (nSPS) is 17.2. The molecule has 1 heterocycles. The molecule has 1 aliphatic rings. The van der Waals surface area contributed by atoms with Crippen LogP contribution in [0.25, 0.3) is 0 Å². The van der Waals surface area contributed by atoms with Crippen LogP contribution >= 0.6 is 0 Å². The Hall–Kier alpha value is -1.75. The highest BCUT2D eigenvalue weighted by Crippen LogP contribution is 2.07. The number of nitrogens with zero attached hydrogens (tertiary/aromatic N) is 2. The molecular weight excluding hydrogens is 332 g/mol. The van der Waals surface area contributed by atoms with Crippen molar-refractivity contribution in [2.24, 2.45) is 11.5 Å². The molecule has 1 unspecified atom stereocenters. The van der Waals surface area contributed by atoms with E-state index in [1.54, 1.807) is 30.6 Å². The third-order valence-electron chi connectivity index (χ3n) is 3.15. The summed E-state index contributed by atoms with van der Waals surface area (Å²) in [4.78, 5) is 35.3. The Bertz CT molecular complexity index is 420. The first-order valence-electron chi connectivity index (χ1n) is 8.01. The summed E-state index contributed by atoms with van der Waals surface area (Å²) in [6.07, 6.45) is 0. The average molecular weight is 362 g/mol. The van der Waals surface area contributed by atoms with Crippen molar-refractivity contribution in [2.45, 2.75) is 32.4 Å². The summed E-state index contributed by atoms with van der Waals surface area (Å²) in [5.41, 5.74) is 10.0. The number of rotatable bonds is 6. The molecular formula is C15H30N4O6. The highest BCUT2D eigenvalue weighted by atomic mass is 16.6. The molecule has 1 fully saturated rings. The number of piperazine rings is 1. The molecule has 1 saturated heterocycles. The van der Waals surface area contributed by atoms with Crippen molar-refractivity contribution in [1.82, 2.24) is 9.80 Å². The smallest absolute Gasteiger partial charge is 0.324 e. The largest absolute Gasteiger partial charge is 0.480 e. The monoisotopic (exact) mass is 362 g/mol. The van der Waals surface area contributed by atoms with Gasteiger partial charge in [-0.05, 0) is 20.8 Å². The Kier molecular flexibility index (Phi) is 10.2. The van der Waals surface area contributed by atoms with Gasteiger partial charge in [-0.1, -0.05) is 0 Å². The number of esters is 1. The lowest BCUT2D eigenvalue weighted by molar-refractivity contribution is -0.156. The summed E-state index contributed by atoms with van der Waals surface area (Å²) in [6.45, 7) is 8.06. The lowest BCUT2D eigenvalue weighted by Crippen LogP contribution is -2.49. The fourth-order valence-corrected chi connectivity index (χ4v) is 1.96. The van der Waals surface area contributed by atoms with Gasteiger partial charge in [-0.25, -0.2) is 0 Å². The van der Waals surface area contributed by atoms with E-state index in [1.165, 1.54) is 0 Å². The number of carbonyl (C=O) groups is 3. The summed E-state index contributed by atoms with van der Waals surface area (Å²) >= 11 is 0. The molecule has 0 amide bonds. The summed E-state index contributed by atoms with van der Waals surface area (Å²) in [7, 11) is 0. The molecule has 6 N–H and O–H groups in total. The van der Waals surface area contributed by atoms with Crippen LogP contribution < -0.4 is 11.5 Å². The van der Waals surface area contributed by atoms with Crippen molar-refractivity contribution in [3.05, 3.63) is 0 Å². The van der Waals surface area contributed by atoms with Gasteiger partial charge in [0.05, 0.1) is 13.1 Å². The second-order valence-electron chi connectivity index (χ2n) is 6.72. The lowest BCUT2D eigenvalue weighted by atomic mass is 10.2. The average Bonchev–Trinajstić information content (AvgIpc) is 2.46. The van der Waals surface area contributed by atoms with Crippen molar-refractivity contribution >= 4 is 17.9 Å². The summed E-state index contributed by atoms with van der Waals surface area (Å²) in [5, 5.41) is 17.1. The van der Waals surface area contributed by atoms with Gasteiger partial charge in [0.15, 0.2) is 0 Å². The van der Waals surface area contributed by atoms with Crippen LogP contribution in [0, 0.1) is 0 Å². The molecule has 25 heavy (non-hydrogen) atoms. The van der Waals surface area contributed by atoms with Crippen LogP contribution in [0.15, 0.2) is 0 Å². The zero-order valence-electron chi connectivity index (χ0n) is 15.1. The molecule has 1 rings (SSSR count). The van der Waals surface area contributed by atoms with Crippen LogP contribution in [0.4, 0.5) is 0 Å². The lowest BCUT2D eigenvalue weighted by Gasteiger charge is -2.32. The zero-order chi connectivity index (χ0) is 19.6. The van der Waals surface area contributed by atoms with Gasteiger partial charge in [0.2, 0.25) is 0 Å². The molecule has 0 radical (unpaired) electrons. The highest BCUT2D eigenvalue weighted by molar-refractivity contribution is 5.76. The zero-order valence-corrected chi connectivity index (χ0v) is 15.1. The first-order chi connectivity index (χ1) is 11.4. The van der Waals surface area contributed by atoms with E-state index in [0.717, 1.165) is 0 Å². The van der Waals surface area contributed by atoms with Crippen LogP contribution in [0.3, 0.4) is 0 Å². The number of carboxylic acids is 2. The van der Waals surface area contributed by atoms with E-state index < -0.39 is 29.6 Å². The third-order valence-corrected chi connectivity index (χ3v) is 3.15. The minimum absolute atomic E-state index is 0.0426. The van der Waals surface area contributed by atoms with Crippen molar-refractivity contribution in [3.63, 3.8) is 0 Å². The van der Waals surface area contributed by atoms with Gasteiger partial charge >= 0.3 is 17.9 Å². The van der Waals surface area contributed by atoms with E-state index in [0.29, 0.717) is 26.2 Å². The van der Waals surface area contributed by atoms with Crippen LogP contribution in [0.1, 0.15) is 20.8 Å². The maximum Gasteiger partial charge on any atom is 0.324 e. The second kappa shape index (κ2) is 11.0. The molecule has 10 nitrogen and oxygen atoms in total. The molecule has 0 aromatic rings. The van der Waals surface area contributed by atoms with E-state index in [9.17, 15) is 14.4 Å². The van der Waals surface area contributed by atoms with Crippen molar-refractivity contribution < 1.29 is 29.3 Å². The number of aliphatic carboxylic acids is 2. The molecule has 0 aromatic carbocycles. The molecule has 146 valence electrons. The quantitative estimate of drug-likeness (QED) is 0.405. The summed E-state index contributed by atoms with van der Waals surface area (Å²) in [5.74, 6) is -2.12. The van der Waals surface area contributed by atoms with Crippen molar-refractivity contribution in [3.8, 4) is 0 Å². The third kappa shape index (κ3) is 12.3. The van der Waals surface area contributed by atoms with Gasteiger partial charge in [0.1, 0.15) is 11.6 Å². The van der Waals surface area contributed by atoms with E-state index in [4.69, 9.17) is 26.4 Å². The second-order valence-corrected chi connectivity index (χ2v) is 6.72. The number of ether oxygens (including phenoxy) is 1. The maximum absolute atomic E-state index is 11.0. The van der Waals surface area contributed by atoms with Crippen LogP contribution in [-0.4, -0.2) is 95.4 Å². The molecule has 0 spiro atoms. The molecule has 10 heteroatoms. The van der Waals surface area contributed by atoms with Crippen molar-refractivity contribution in [1.29, 1.82) is 0 Å². The van der Waals surface area contributed by atoms with E-state index in [-0.39, 0.29) is 19.6 Å². The maximum atomic E-state index is 11.0. The predicted molar refractivity (Wildman–Crippen MR) is 91.0 cm³/mol. The highest BCUT2D eigenvalue weighted by Gasteiger charge is 2.21. The van der Waals surface area contributed by atoms with Crippen molar-refractivity contribution in [2.75, 3.05) is 45.8 Å².